The quantitative estimate of drug-likeness (QED) is 0.209. The summed E-state index contributed by atoms with van der Waals surface area (Å²) in [6.45, 7) is 2.67. The Bertz CT molecular complexity index is 1140. The maximum absolute atomic E-state index is 13.1. The van der Waals surface area contributed by atoms with Gasteiger partial charge in [0, 0.05) is 18.9 Å². The van der Waals surface area contributed by atoms with E-state index in [4.69, 9.17) is 14.2 Å². The number of phenols is 1. The van der Waals surface area contributed by atoms with Crippen molar-refractivity contribution in [2.24, 2.45) is 0 Å². The number of Topliss-reactive ketones (excluding diaryl/α,β-unsaturated/α-hetero) is 1. The molecule has 0 amide bonds. The van der Waals surface area contributed by atoms with Crippen molar-refractivity contribution in [2.75, 3.05) is 26.9 Å². The van der Waals surface area contributed by atoms with E-state index in [1.807, 2.05) is 12.4 Å². The van der Waals surface area contributed by atoms with Crippen molar-refractivity contribution in [2.45, 2.75) is 50.5 Å². The zero-order valence-corrected chi connectivity index (χ0v) is 20.2. The number of benzene rings is 2. The van der Waals surface area contributed by atoms with Gasteiger partial charge < -0.3 is 45.1 Å². The third-order valence-electron chi connectivity index (χ3n) is 6.62. The molecular formula is C25H33N2O9+. The lowest BCUT2D eigenvalue weighted by molar-refractivity contribution is -0.843. The van der Waals surface area contributed by atoms with E-state index in [-0.39, 0.29) is 34.7 Å². The largest absolute Gasteiger partial charge is 0.506 e. The van der Waals surface area contributed by atoms with Crippen molar-refractivity contribution in [3.8, 4) is 17.2 Å². The Kier molecular flexibility index (Phi) is 7.98. The van der Waals surface area contributed by atoms with E-state index in [1.54, 1.807) is 19.1 Å². The monoisotopic (exact) mass is 505 g/mol. The smallest absolute Gasteiger partial charge is 0.229 e. The number of quaternary nitrogens is 1. The molecule has 2 aliphatic rings. The van der Waals surface area contributed by atoms with Crippen LogP contribution in [0.15, 0.2) is 30.6 Å². The Labute approximate surface area is 208 Å². The Morgan fingerprint density at radius 1 is 1.19 bits per heavy atom. The molecule has 0 radical (unpaired) electrons. The average Bonchev–Trinajstić information content (AvgIpc) is 3.37. The lowest BCUT2D eigenvalue weighted by atomic mass is 9.94. The van der Waals surface area contributed by atoms with Crippen LogP contribution in [-0.4, -0.2) is 89.0 Å². The highest BCUT2D eigenvalue weighted by atomic mass is 16.7. The molecule has 2 heterocycles. The SMILES string of the molecule is COc1cc(O[C@H]2O[C@H](CO)[C@@H](O)[C@H](O)[C@H]2O)c2c(O)c(C(=O)CCC[NH+]3C=CNC3)c(C)cc2c1. The zero-order valence-electron chi connectivity index (χ0n) is 20.2. The summed E-state index contributed by atoms with van der Waals surface area (Å²) >= 11 is 0. The minimum Gasteiger partial charge on any atom is -0.506 e. The molecule has 196 valence electrons. The van der Waals surface area contributed by atoms with Gasteiger partial charge in [0.05, 0.1) is 37.4 Å². The number of carbonyl (C=O) groups is 1. The van der Waals surface area contributed by atoms with Crippen molar-refractivity contribution in [3.63, 3.8) is 0 Å². The van der Waals surface area contributed by atoms with Crippen molar-refractivity contribution >= 4 is 16.6 Å². The van der Waals surface area contributed by atoms with Crippen LogP contribution in [0.2, 0.25) is 0 Å². The fourth-order valence-corrected chi connectivity index (χ4v) is 4.65. The summed E-state index contributed by atoms with van der Waals surface area (Å²) < 4.78 is 16.7. The van der Waals surface area contributed by atoms with Gasteiger partial charge in [-0.2, -0.15) is 0 Å². The predicted octanol–water partition coefficient (Wildman–Crippen LogP) is -1.08. The molecule has 11 heteroatoms. The topological polar surface area (TPSA) is 162 Å². The molecule has 7 N–H and O–H groups in total. The highest BCUT2D eigenvalue weighted by Gasteiger charge is 2.45. The van der Waals surface area contributed by atoms with Gasteiger partial charge >= 0.3 is 0 Å². The lowest BCUT2D eigenvalue weighted by Gasteiger charge is -2.39. The third-order valence-corrected chi connectivity index (χ3v) is 6.62. The normalized spacial score (nSPS) is 27.7. The number of phenolic OH excluding ortho intramolecular Hbond substituents is 1. The first-order valence-corrected chi connectivity index (χ1v) is 11.8. The third kappa shape index (κ3) is 5.12. The fourth-order valence-electron chi connectivity index (χ4n) is 4.65. The van der Waals surface area contributed by atoms with Gasteiger partial charge in [0.25, 0.3) is 0 Å². The number of aliphatic hydroxyl groups is 4. The minimum absolute atomic E-state index is 0.0398. The second-order valence-corrected chi connectivity index (χ2v) is 9.11. The van der Waals surface area contributed by atoms with Gasteiger partial charge in [-0.1, -0.05) is 6.07 Å². The minimum atomic E-state index is -1.64. The molecule has 36 heavy (non-hydrogen) atoms. The molecule has 11 nitrogen and oxygen atoms in total. The summed E-state index contributed by atoms with van der Waals surface area (Å²) in [4.78, 5) is 14.3. The van der Waals surface area contributed by atoms with Gasteiger partial charge in [-0.05, 0) is 23.9 Å². The molecule has 1 unspecified atom stereocenters. The first kappa shape index (κ1) is 26.1. The van der Waals surface area contributed by atoms with Crippen molar-refractivity contribution in [1.29, 1.82) is 0 Å². The van der Waals surface area contributed by atoms with Crippen LogP contribution >= 0.6 is 0 Å². The number of aryl methyl sites for hydroxylation is 1. The van der Waals surface area contributed by atoms with Crippen molar-refractivity contribution < 1.29 is 49.4 Å². The van der Waals surface area contributed by atoms with Crippen molar-refractivity contribution in [3.05, 3.63) is 41.7 Å². The number of hydrogen-bond donors (Lipinski definition) is 7. The number of ether oxygens (including phenoxy) is 3. The number of hydrogen-bond acceptors (Lipinski definition) is 10. The van der Waals surface area contributed by atoms with E-state index in [1.165, 1.54) is 18.1 Å². The number of rotatable bonds is 9. The predicted molar refractivity (Wildman–Crippen MR) is 128 cm³/mol. The molecule has 0 saturated carbocycles. The van der Waals surface area contributed by atoms with Gasteiger partial charge in [-0.25, -0.2) is 0 Å². The number of nitrogens with one attached hydrogen (secondary N) is 2. The fraction of sp³-hybridized carbons (Fsp3) is 0.480. The molecule has 0 spiro atoms. The highest BCUT2D eigenvalue weighted by Crippen LogP contribution is 2.42. The van der Waals surface area contributed by atoms with E-state index in [2.05, 4.69) is 5.32 Å². The molecule has 1 saturated heterocycles. The molecule has 1 fully saturated rings. The van der Waals surface area contributed by atoms with E-state index in [9.17, 15) is 30.3 Å². The van der Waals surface area contributed by atoms with Gasteiger partial charge in [-0.3, -0.25) is 9.69 Å². The lowest BCUT2D eigenvalue weighted by Crippen LogP contribution is -3.07. The standard InChI is InChI=1S/C25H32N2O9/c1-13-8-14-9-15(34-2)10-17(35-25-24(33)23(32)21(30)18(11-28)36-25)20(14)22(31)19(13)16(29)4-3-6-27-7-5-26-12-27/h5,7-10,18,21,23-26,28,30-33H,3-4,6,11-12H2,1-2H3/p+1/t18-,21-,23+,24-,25+/m1/s1. The second kappa shape index (κ2) is 11.0. The van der Waals surface area contributed by atoms with E-state index < -0.39 is 37.3 Å². The van der Waals surface area contributed by atoms with Crippen LogP contribution in [0.3, 0.4) is 0 Å². The molecule has 0 bridgehead atoms. The van der Waals surface area contributed by atoms with E-state index in [0.29, 0.717) is 23.1 Å². The first-order chi connectivity index (χ1) is 17.2. The molecule has 2 aliphatic heterocycles. The van der Waals surface area contributed by atoms with Crippen LogP contribution in [0.25, 0.3) is 10.8 Å². The van der Waals surface area contributed by atoms with Crippen LogP contribution in [0, 0.1) is 6.92 Å². The van der Waals surface area contributed by atoms with E-state index >= 15 is 0 Å². The van der Waals surface area contributed by atoms with Gasteiger partial charge in [-0.15, -0.1) is 0 Å². The number of fused-ring (bicyclic) bond motifs is 1. The molecule has 0 aliphatic carbocycles. The van der Waals surface area contributed by atoms with E-state index in [0.717, 1.165) is 13.2 Å². The van der Waals surface area contributed by atoms with Crippen LogP contribution < -0.4 is 19.7 Å². The summed E-state index contributed by atoms with van der Waals surface area (Å²) in [6.07, 6.45) is -2.70. The van der Waals surface area contributed by atoms with Crippen LogP contribution in [0.4, 0.5) is 0 Å². The summed E-state index contributed by atoms with van der Waals surface area (Å²) in [6, 6.07) is 4.87. The molecule has 0 aromatic heterocycles. The molecule has 6 atom stereocenters. The Morgan fingerprint density at radius 2 is 1.97 bits per heavy atom. The molecule has 4 rings (SSSR count). The maximum atomic E-state index is 13.1. The number of methoxy groups -OCH3 is 1. The van der Waals surface area contributed by atoms with Crippen molar-refractivity contribution in [1.82, 2.24) is 5.32 Å². The summed E-state index contributed by atoms with van der Waals surface area (Å²) in [5.41, 5.74) is 0.767. The molecule has 2 aromatic carbocycles. The summed E-state index contributed by atoms with van der Waals surface area (Å²) in [5.74, 6) is -0.0578. The number of carbonyl (C=O) groups excluding carboxylic acids is 1. The van der Waals surface area contributed by atoms with Crippen LogP contribution in [0.1, 0.15) is 28.8 Å². The first-order valence-electron chi connectivity index (χ1n) is 11.8. The number of ketones is 1. The van der Waals surface area contributed by atoms with Crippen LogP contribution in [-0.2, 0) is 4.74 Å². The summed E-state index contributed by atoms with van der Waals surface area (Å²) in [5, 5.41) is 55.2. The number of aliphatic hydroxyl groups excluding tert-OH is 4. The Hall–Kier alpha value is -2.93. The van der Waals surface area contributed by atoms with Crippen LogP contribution in [0.5, 0.6) is 17.2 Å². The highest BCUT2D eigenvalue weighted by molar-refractivity contribution is 6.08. The Morgan fingerprint density at radius 3 is 2.64 bits per heavy atom. The summed E-state index contributed by atoms with van der Waals surface area (Å²) in [7, 11) is 1.45. The maximum Gasteiger partial charge on any atom is 0.229 e. The molecular weight excluding hydrogens is 472 g/mol. The zero-order chi connectivity index (χ0) is 26.0. The number of aromatic hydroxyl groups is 1. The average molecular weight is 506 g/mol. The molecule has 2 aromatic rings. The Balaban J connectivity index is 1.66. The van der Waals surface area contributed by atoms with Gasteiger partial charge in [0.1, 0.15) is 47.9 Å². The van der Waals surface area contributed by atoms with Gasteiger partial charge in [0.15, 0.2) is 12.5 Å². The van der Waals surface area contributed by atoms with Gasteiger partial charge in [0.2, 0.25) is 6.29 Å². The second-order valence-electron chi connectivity index (χ2n) is 9.11.